The number of carbonyl (C=O) groups is 2. The van der Waals surface area contributed by atoms with Gasteiger partial charge in [-0.1, -0.05) is 60.7 Å². The summed E-state index contributed by atoms with van der Waals surface area (Å²) in [4.78, 5) is 48.6. The second-order valence-electron chi connectivity index (χ2n) is 11.8. The topological polar surface area (TPSA) is 128 Å². The van der Waals surface area contributed by atoms with Gasteiger partial charge in [-0.2, -0.15) is 0 Å². The molecule has 1 spiro atoms. The predicted molar refractivity (Wildman–Crippen MR) is 158 cm³/mol. The highest BCUT2D eigenvalue weighted by Gasteiger charge is 2.55. The SMILES string of the molecule is O=C(O)N1CCN(C(=O)N2CCC(O)(Cn3cnc(-c4ccccc4)cc3=O)C3(CCOCC3)C2)[C@H](c2ccccc2)C1. The first-order valence-electron chi connectivity index (χ1n) is 14.8. The van der Waals surface area contributed by atoms with Crippen LogP contribution in [0, 0.1) is 5.41 Å². The number of aromatic nitrogens is 2. The molecule has 0 saturated carbocycles. The van der Waals surface area contributed by atoms with E-state index in [2.05, 4.69) is 4.98 Å². The van der Waals surface area contributed by atoms with Gasteiger partial charge in [0, 0.05) is 63.0 Å². The first kappa shape index (κ1) is 28.9. The van der Waals surface area contributed by atoms with Gasteiger partial charge in [0.2, 0.25) is 0 Å². The maximum absolute atomic E-state index is 14.1. The molecule has 0 bridgehead atoms. The molecule has 2 N–H and O–H groups in total. The molecule has 3 aliphatic heterocycles. The number of carbonyl (C=O) groups excluding carboxylic acids is 1. The Bertz CT molecular complexity index is 1510. The average molecular weight is 588 g/mol. The summed E-state index contributed by atoms with van der Waals surface area (Å²) in [5.74, 6) is 0. The lowest BCUT2D eigenvalue weighted by Gasteiger charge is -2.56. The van der Waals surface area contributed by atoms with E-state index in [1.54, 1.807) is 9.80 Å². The summed E-state index contributed by atoms with van der Waals surface area (Å²) in [5.41, 5.74) is 0.116. The Morgan fingerprint density at radius 1 is 0.930 bits per heavy atom. The average Bonchev–Trinajstić information content (AvgIpc) is 3.04. The minimum Gasteiger partial charge on any atom is -0.465 e. The van der Waals surface area contributed by atoms with Gasteiger partial charge in [-0.25, -0.2) is 14.6 Å². The highest BCUT2D eigenvalue weighted by atomic mass is 16.5. The van der Waals surface area contributed by atoms with Gasteiger partial charge in [0.25, 0.3) is 5.56 Å². The molecule has 4 heterocycles. The summed E-state index contributed by atoms with van der Waals surface area (Å²) in [5, 5.41) is 21.9. The normalized spacial score (nSPS) is 23.7. The molecule has 1 aromatic heterocycles. The smallest absolute Gasteiger partial charge is 0.407 e. The predicted octanol–water partition coefficient (Wildman–Crippen LogP) is 3.30. The van der Waals surface area contributed by atoms with Gasteiger partial charge in [0.05, 0.1) is 30.2 Å². The van der Waals surface area contributed by atoms with E-state index in [4.69, 9.17) is 4.74 Å². The molecule has 226 valence electrons. The molecule has 3 saturated heterocycles. The Balaban J connectivity index is 1.25. The van der Waals surface area contributed by atoms with E-state index >= 15 is 0 Å². The number of amides is 3. The molecule has 11 heteroatoms. The standard InChI is InChI=1S/C32H37N5O6/c38-28-19-26(24-7-3-1-4-8-24)33-23-36(28)22-32(42)11-14-35(21-31(32)12-17-43-18-13-31)29(39)37-16-15-34(30(40)41)20-27(37)25-9-5-2-6-10-25/h1-10,19,23,27,42H,11-18,20-22H2,(H,40,41)/t27-,32?/m0/s1. The molecule has 3 amide bonds. The summed E-state index contributed by atoms with van der Waals surface area (Å²) >= 11 is 0. The number of likely N-dealkylation sites (tertiary alicyclic amines) is 1. The van der Waals surface area contributed by atoms with Gasteiger partial charge >= 0.3 is 12.1 Å². The first-order chi connectivity index (χ1) is 20.8. The fraction of sp³-hybridized carbons (Fsp3) is 0.438. The minimum absolute atomic E-state index is 0.0693. The third-order valence-electron chi connectivity index (χ3n) is 9.46. The van der Waals surface area contributed by atoms with E-state index in [0.29, 0.717) is 44.8 Å². The summed E-state index contributed by atoms with van der Waals surface area (Å²) < 4.78 is 7.15. The maximum atomic E-state index is 14.1. The van der Waals surface area contributed by atoms with E-state index in [0.717, 1.165) is 11.1 Å². The van der Waals surface area contributed by atoms with Gasteiger partial charge in [-0.3, -0.25) is 9.36 Å². The quantitative estimate of drug-likeness (QED) is 0.479. The van der Waals surface area contributed by atoms with Crippen molar-refractivity contribution >= 4 is 12.1 Å². The largest absolute Gasteiger partial charge is 0.465 e. The molecule has 2 aromatic carbocycles. The van der Waals surface area contributed by atoms with Crippen LogP contribution >= 0.6 is 0 Å². The maximum Gasteiger partial charge on any atom is 0.407 e. The minimum atomic E-state index is -1.26. The number of rotatable bonds is 4. The monoisotopic (exact) mass is 587 g/mol. The Kier molecular flexibility index (Phi) is 7.93. The molecule has 3 aliphatic rings. The summed E-state index contributed by atoms with van der Waals surface area (Å²) in [7, 11) is 0. The van der Waals surface area contributed by atoms with Crippen molar-refractivity contribution in [3.05, 3.63) is 89.0 Å². The molecule has 3 aromatic rings. The number of nitrogens with zero attached hydrogens (tertiary/aromatic N) is 5. The van der Waals surface area contributed by atoms with Crippen LogP contribution in [-0.4, -0.2) is 98.1 Å². The summed E-state index contributed by atoms with van der Waals surface area (Å²) in [6.45, 7) is 2.30. The fourth-order valence-corrected chi connectivity index (χ4v) is 6.89. The zero-order chi connectivity index (χ0) is 30.0. The third kappa shape index (κ3) is 5.62. The molecule has 6 rings (SSSR count). The number of aliphatic hydroxyl groups is 1. The lowest BCUT2D eigenvalue weighted by atomic mass is 9.63. The number of hydrogen-bond acceptors (Lipinski definition) is 6. The van der Waals surface area contributed by atoms with Crippen LogP contribution in [0.4, 0.5) is 9.59 Å². The van der Waals surface area contributed by atoms with Crippen molar-refractivity contribution in [2.75, 3.05) is 45.9 Å². The number of carboxylic acid groups (broad SMARTS) is 1. The van der Waals surface area contributed by atoms with Crippen LogP contribution in [0.1, 0.15) is 30.9 Å². The number of piperidine rings is 1. The second kappa shape index (κ2) is 11.8. The van der Waals surface area contributed by atoms with E-state index in [9.17, 15) is 24.6 Å². The van der Waals surface area contributed by atoms with Crippen molar-refractivity contribution in [3.8, 4) is 11.3 Å². The van der Waals surface area contributed by atoms with Crippen LogP contribution in [0.15, 0.2) is 77.9 Å². The van der Waals surface area contributed by atoms with Crippen LogP contribution < -0.4 is 5.56 Å². The highest BCUT2D eigenvalue weighted by molar-refractivity contribution is 5.76. The van der Waals surface area contributed by atoms with Crippen LogP contribution in [0.25, 0.3) is 11.3 Å². The van der Waals surface area contributed by atoms with E-state index in [1.165, 1.54) is 21.9 Å². The number of urea groups is 1. The van der Waals surface area contributed by atoms with Gasteiger partial charge in [0.1, 0.15) is 0 Å². The Hall–Kier alpha value is -4.22. The Labute approximate surface area is 249 Å². The highest BCUT2D eigenvalue weighted by Crippen LogP contribution is 2.48. The zero-order valence-corrected chi connectivity index (χ0v) is 24.0. The van der Waals surface area contributed by atoms with Crippen LogP contribution in [0.5, 0.6) is 0 Å². The zero-order valence-electron chi connectivity index (χ0n) is 24.0. The first-order valence-corrected chi connectivity index (χ1v) is 14.8. The van der Waals surface area contributed by atoms with Crippen LogP contribution in [-0.2, 0) is 11.3 Å². The van der Waals surface area contributed by atoms with Gasteiger partial charge in [-0.05, 0) is 24.8 Å². The van der Waals surface area contributed by atoms with Crippen molar-refractivity contribution < 1.29 is 24.5 Å². The molecule has 1 unspecified atom stereocenters. The van der Waals surface area contributed by atoms with Crippen molar-refractivity contribution in [2.45, 2.75) is 37.5 Å². The summed E-state index contributed by atoms with van der Waals surface area (Å²) in [6, 6.07) is 19.9. The van der Waals surface area contributed by atoms with E-state index < -0.39 is 23.2 Å². The van der Waals surface area contributed by atoms with Crippen molar-refractivity contribution in [1.82, 2.24) is 24.3 Å². The Morgan fingerprint density at radius 3 is 2.30 bits per heavy atom. The Morgan fingerprint density at radius 2 is 1.63 bits per heavy atom. The molecule has 0 radical (unpaired) electrons. The molecular weight excluding hydrogens is 550 g/mol. The lowest BCUT2D eigenvalue weighted by molar-refractivity contribution is -0.174. The molecule has 3 fully saturated rings. The van der Waals surface area contributed by atoms with Crippen molar-refractivity contribution in [3.63, 3.8) is 0 Å². The van der Waals surface area contributed by atoms with Gasteiger partial charge < -0.3 is 29.6 Å². The van der Waals surface area contributed by atoms with Crippen LogP contribution in [0.2, 0.25) is 0 Å². The van der Waals surface area contributed by atoms with E-state index in [1.807, 2.05) is 60.7 Å². The molecule has 11 nitrogen and oxygen atoms in total. The fourth-order valence-electron chi connectivity index (χ4n) is 6.89. The molecule has 2 atom stereocenters. The van der Waals surface area contributed by atoms with Crippen molar-refractivity contribution in [2.24, 2.45) is 5.41 Å². The van der Waals surface area contributed by atoms with Gasteiger partial charge in [-0.15, -0.1) is 0 Å². The number of hydrogen-bond donors (Lipinski definition) is 2. The molecule has 43 heavy (non-hydrogen) atoms. The molecule has 0 aliphatic carbocycles. The van der Waals surface area contributed by atoms with Crippen LogP contribution in [0.3, 0.4) is 0 Å². The second-order valence-corrected chi connectivity index (χ2v) is 11.8. The van der Waals surface area contributed by atoms with Gasteiger partial charge in [0.15, 0.2) is 0 Å². The van der Waals surface area contributed by atoms with E-state index in [-0.39, 0.29) is 44.2 Å². The lowest BCUT2D eigenvalue weighted by Crippen LogP contribution is -2.66. The van der Waals surface area contributed by atoms with Crippen molar-refractivity contribution in [1.29, 1.82) is 0 Å². The number of piperazine rings is 1. The number of ether oxygens (including phenoxy) is 1. The molecular formula is C32H37N5O6. The summed E-state index contributed by atoms with van der Waals surface area (Å²) in [6.07, 6.45) is 1.88. The third-order valence-corrected chi connectivity index (χ3v) is 9.46. The number of benzene rings is 2.